The summed E-state index contributed by atoms with van der Waals surface area (Å²) in [6.07, 6.45) is 0. The van der Waals surface area contributed by atoms with Gasteiger partial charge in [0.05, 0.1) is 0 Å². The highest BCUT2D eigenvalue weighted by Gasteiger charge is 2.00. The van der Waals surface area contributed by atoms with E-state index in [1.165, 1.54) is 0 Å². The van der Waals surface area contributed by atoms with E-state index in [-0.39, 0.29) is 34.4 Å². The maximum absolute atomic E-state index is 8.88. The zero-order chi connectivity index (χ0) is 4.50. The molecule has 12 heavy (non-hydrogen) atoms. The second-order valence-corrected chi connectivity index (χ2v) is 1.54. The maximum Gasteiger partial charge on any atom is 0.466 e. The van der Waals surface area contributed by atoms with E-state index in [4.69, 9.17) is 19.2 Å². The topological polar surface area (TPSA) is 113 Å². The van der Waals surface area contributed by atoms with Crippen LogP contribution in [0.3, 0.4) is 0 Å². The van der Waals surface area contributed by atoms with Gasteiger partial charge in [-0.1, -0.05) is 0 Å². The van der Waals surface area contributed by atoms with Crippen molar-refractivity contribution in [1.82, 2.24) is 6.15 Å². The van der Waals surface area contributed by atoms with Crippen LogP contribution in [0.25, 0.3) is 0 Å². The highest BCUT2D eigenvalue weighted by Crippen LogP contribution is 2.25. The minimum atomic E-state index is -4.64. The summed E-state index contributed by atoms with van der Waals surface area (Å²) in [5, 5.41) is 0. The molecule has 0 saturated carbocycles. The molecule has 0 unspecified atom stereocenters. The van der Waals surface area contributed by atoms with Gasteiger partial charge < -0.3 is 20.8 Å². The van der Waals surface area contributed by atoms with Crippen LogP contribution in [0.2, 0.25) is 0 Å². The van der Waals surface area contributed by atoms with Gasteiger partial charge in [-0.3, -0.25) is 28.2 Å². The van der Waals surface area contributed by atoms with Crippen LogP contribution in [-0.4, -0.2) is 14.7 Å². The molecule has 12 heteroatoms. The molecule has 0 atom stereocenters. The van der Waals surface area contributed by atoms with Gasteiger partial charge in [-0.05, 0) is 0 Å². The Kier molecular flexibility index (Phi) is 257. The van der Waals surface area contributed by atoms with Crippen LogP contribution < -0.4 is 6.15 Å². The van der Waals surface area contributed by atoms with Gasteiger partial charge in [0, 0.05) is 0 Å². The third kappa shape index (κ3) is 5890. The molecular formula is H12F6NO4P. The fraction of sp³-hybridized carbons (Fsp3) is 0. The quantitative estimate of drug-likeness (QED) is 0.352. The number of hydrogen-bond donors (Lipinski definition) is 4. The first-order chi connectivity index (χ1) is 2.00. The molecule has 0 aromatic carbocycles. The van der Waals surface area contributed by atoms with Gasteiger partial charge in [0.2, 0.25) is 0 Å². The largest absolute Gasteiger partial charge is 0.466 e. The van der Waals surface area contributed by atoms with Crippen molar-refractivity contribution in [2.75, 3.05) is 0 Å². The van der Waals surface area contributed by atoms with E-state index >= 15 is 0 Å². The number of phosphoric acid groups is 1. The summed E-state index contributed by atoms with van der Waals surface area (Å²) in [6, 6.07) is 0. The Bertz CT molecular complexity index is 65.7. The molecule has 0 saturated heterocycles. The summed E-state index contributed by atoms with van der Waals surface area (Å²) >= 11 is 0. The molecule has 0 aromatic rings. The normalized spacial score (nSPS) is 4.92. The van der Waals surface area contributed by atoms with Gasteiger partial charge in [0.25, 0.3) is 0 Å². The predicted octanol–water partition coefficient (Wildman–Crippen LogP) is 0.148. The van der Waals surface area contributed by atoms with Crippen molar-refractivity contribution in [3.8, 4) is 0 Å². The molecule has 0 aliphatic carbocycles. The van der Waals surface area contributed by atoms with E-state index in [2.05, 4.69) is 0 Å². The Labute approximate surface area is 62.8 Å². The molecule has 0 spiro atoms. The molecule has 6 N–H and O–H groups in total. The van der Waals surface area contributed by atoms with Crippen molar-refractivity contribution in [3.63, 3.8) is 0 Å². The van der Waals surface area contributed by atoms with E-state index in [0.29, 0.717) is 0 Å². The van der Waals surface area contributed by atoms with Crippen LogP contribution >= 0.6 is 7.82 Å². The van der Waals surface area contributed by atoms with E-state index in [1.807, 2.05) is 0 Å². The minimum Gasteiger partial charge on any atom is -0.344 e. The molecule has 0 rings (SSSR count). The standard InChI is InChI=1S/6FH.H3N.H3O4P/c;;;;;;;1-5(2,3)4/h6*1H;1H3;(H3,1,2,3,4). The number of hydrogen-bond acceptors (Lipinski definition) is 2. The molecule has 0 radical (unpaired) electrons. The van der Waals surface area contributed by atoms with Crippen LogP contribution in [0.5, 0.6) is 0 Å². The van der Waals surface area contributed by atoms with Crippen molar-refractivity contribution < 1.29 is 47.5 Å². The molecule has 5 nitrogen and oxygen atoms in total. The fourth-order valence-electron chi connectivity index (χ4n) is 0. The third-order valence-corrected chi connectivity index (χ3v) is 0. The predicted molar refractivity (Wildman–Crippen MR) is 34.3 cm³/mol. The number of rotatable bonds is 0. The van der Waals surface area contributed by atoms with E-state index < -0.39 is 7.82 Å². The van der Waals surface area contributed by atoms with Crippen molar-refractivity contribution in [3.05, 3.63) is 0 Å². The Balaban J connectivity index is -0.00000000381. The minimum absolute atomic E-state index is 0. The van der Waals surface area contributed by atoms with Gasteiger partial charge >= 0.3 is 7.82 Å². The zero-order valence-corrected chi connectivity index (χ0v) is 6.25. The average Bonchev–Trinajstić information content (AvgIpc) is 0.722. The molecular weight excluding hydrogens is 223 g/mol. The molecule has 0 bridgehead atoms. The zero-order valence-electron chi connectivity index (χ0n) is 5.35. The van der Waals surface area contributed by atoms with Crippen molar-refractivity contribution in [2.24, 2.45) is 0 Å². The lowest BCUT2D eigenvalue weighted by atomic mass is 14.0. The molecule has 0 fully saturated rings. The fourth-order valence-corrected chi connectivity index (χ4v) is 0. The van der Waals surface area contributed by atoms with Crippen LogP contribution in [-0.2, 0) is 4.57 Å². The summed E-state index contributed by atoms with van der Waals surface area (Å²) in [4.78, 5) is 21.6. The second kappa shape index (κ2) is 31.1. The van der Waals surface area contributed by atoms with Crippen molar-refractivity contribution in [2.45, 2.75) is 0 Å². The number of halogens is 6. The SMILES string of the molecule is F.F.F.F.F.F.N.O=P(O)(O)O. The lowest BCUT2D eigenvalue weighted by Gasteiger charge is -1.82. The summed E-state index contributed by atoms with van der Waals surface area (Å²) in [5.74, 6) is 0. The first kappa shape index (κ1) is 99.2. The highest BCUT2D eigenvalue weighted by atomic mass is 31.2. The lowest BCUT2D eigenvalue weighted by molar-refractivity contribution is 0.275. The monoisotopic (exact) mass is 235 g/mol. The van der Waals surface area contributed by atoms with Crippen LogP contribution in [0.4, 0.5) is 28.2 Å². The molecule has 0 heterocycles. The summed E-state index contributed by atoms with van der Waals surface area (Å²) < 4.78 is 8.88. The van der Waals surface area contributed by atoms with Crippen LogP contribution in [0.15, 0.2) is 0 Å². The molecule has 0 aliphatic rings. The molecule has 0 amide bonds. The van der Waals surface area contributed by atoms with Gasteiger partial charge in [-0.25, -0.2) is 4.57 Å². The van der Waals surface area contributed by atoms with Crippen LogP contribution in [0.1, 0.15) is 0 Å². The highest BCUT2D eigenvalue weighted by molar-refractivity contribution is 7.45. The van der Waals surface area contributed by atoms with Gasteiger partial charge in [0.1, 0.15) is 0 Å². The Morgan fingerprint density at radius 1 is 0.667 bits per heavy atom. The van der Waals surface area contributed by atoms with E-state index in [9.17, 15) is 0 Å². The summed E-state index contributed by atoms with van der Waals surface area (Å²) in [7, 11) is -4.64. The van der Waals surface area contributed by atoms with Crippen molar-refractivity contribution >= 4 is 7.82 Å². The van der Waals surface area contributed by atoms with Gasteiger partial charge in [-0.2, -0.15) is 0 Å². The van der Waals surface area contributed by atoms with E-state index in [0.717, 1.165) is 0 Å². The molecule has 0 aliphatic heterocycles. The van der Waals surface area contributed by atoms with Crippen LogP contribution in [0, 0.1) is 0 Å². The first-order valence-corrected chi connectivity index (χ1v) is 2.35. The second-order valence-electron chi connectivity index (χ2n) is 0.513. The molecule has 88 valence electrons. The third-order valence-electron chi connectivity index (χ3n) is 0. The lowest BCUT2D eigenvalue weighted by Crippen LogP contribution is -1.66. The van der Waals surface area contributed by atoms with E-state index in [1.54, 1.807) is 0 Å². The smallest absolute Gasteiger partial charge is 0.344 e. The Morgan fingerprint density at radius 2 is 0.667 bits per heavy atom. The van der Waals surface area contributed by atoms with Crippen molar-refractivity contribution in [1.29, 1.82) is 0 Å². The first-order valence-electron chi connectivity index (χ1n) is 0.783. The summed E-state index contributed by atoms with van der Waals surface area (Å²) in [5.41, 5.74) is 0. The summed E-state index contributed by atoms with van der Waals surface area (Å²) in [6.45, 7) is 0. The molecule has 0 aromatic heterocycles. The Hall–Kier alpha value is -0.350. The van der Waals surface area contributed by atoms with Gasteiger partial charge in [-0.15, -0.1) is 0 Å². The van der Waals surface area contributed by atoms with Gasteiger partial charge in [0.15, 0.2) is 0 Å². The Morgan fingerprint density at radius 3 is 0.667 bits per heavy atom. The maximum atomic E-state index is 8.88. The average molecular weight is 235 g/mol.